The number of hydrogen-bond acceptors (Lipinski definition) is 5. The highest BCUT2D eigenvalue weighted by atomic mass is 35.5. The second-order valence-corrected chi connectivity index (χ2v) is 6.53. The van der Waals surface area contributed by atoms with Crippen molar-refractivity contribution >= 4 is 51.9 Å². The molecule has 1 saturated heterocycles. The molecule has 0 atom stereocenters. The van der Waals surface area contributed by atoms with Crippen LogP contribution in [0.4, 0.5) is 0 Å². The first-order valence-electron chi connectivity index (χ1n) is 6.25. The molecule has 0 unspecified atom stereocenters. The Kier molecular flexibility index (Phi) is 4.24. The van der Waals surface area contributed by atoms with Crippen LogP contribution in [0, 0.1) is 0 Å². The average molecular weight is 352 g/mol. The molecular formula is C15H10ClNO3S2. The zero-order valence-corrected chi connectivity index (χ0v) is 13.8. The van der Waals surface area contributed by atoms with Crippen molar-refractivity contribution in [2.24, 2.45) is 0 Å². The van der Waals surface area contributed by atoms with Crippen molar-refractivity contribution in [1.29, 1.82) is 0 Å². The first kappa shape index (κ1) is 15.1. The number of furan rings is 1. The van der Waals surface area contributed by atoms with E-state index in [0.29, 0.717) is 31.5 Å². The molecule has 1 N–H and O–H groups in total. The van der Waals surface area contributed by atoms with Crippen molar-refractivity contribution in [1.82, 2.24) is 5.32 Å². The van der Waals surface area contributed by atoms with Gasteiger partial charge >= 0.3 is 0 Å². The summed E-state index contributed by atoms with van der Waals surface area (Å²) in [5, 5.41) is 3.07. The van der Waals surface area contributed by atoms with Gasteiger partial charge in [0.2, 0.25) is 0 Å². The molecule has 2 heterocycles. The summed E-state index contributed by atoms with van der Waals surface area (Å²) >= 11 is 12.3. The molecule has 2 aromatic rings. The Morgan fingerprint density at radius 2 is 2.18 bits per heavy atom. The Bertz CT molecular complexity index is 798. The molecule has 7 heteroatoms. The lowest BCUT2D eigenvalue weighted by Gasteiger charge is -2.04. The van der Waals surface area contributed by atoms with Crippen LogP contribution < -0.4 is 10.1 Å². The fraction of sp³-hybridized carbons (Fsp3) is 0.0667. The monoisotopic (exact) mass is 351 g/mol. The number of amides is 1. The van der Waals surface area contributed by atoms with Crippen LogP contribution in [0.3, 0.4) is 0 Å². The molecule has 1 aliphatic rings. The second-order valence-electron chi connectivity index (χ2n) is 4.40. The predicted molar refractivity (Wildman–Crippen MR) is 92.0 cm³/mol. The molecule has 4 nitrogen and oxygen atoms in total. The van der Waals surface area contributed by atoms with Gasteiger partial charge in [0.1, 0.15) is 21.6 Å². The summed E-state index contributed by atoms with van der Waals surface area (Å²) in [6, 6.07) is 9.00. The molecule has 0 saturated carbocycles. The van der Waals surface area contributed by atoms with Gasteiger partial charge in [-0.1, -0.05) is 35.6 Å². The maximum Gasteiger partial charge on any atom is 0.263 e. The van der Waals surface area contributed by atoms with Crippen molar-refractivity contribution < 1.29 is 13.9 Å². The molecule has 1 amide bonds. The SMILES string of the molecule is COc1ccc(-c2ccc(C=C3SC(=S)NC3=O)o2)cc1Cl. The quantitative estimate of drug-likeness (QED) is 0.666. The summed E-state index contributed by atoms with van der Waals surface area (Å²) in [6.45, 7) is 0. The lowest BCUT2D eigenvalue weighted by atomic mass is 10.2. The van der Waals surface area contributed by atoms with E-state index in [2.05, 4.69) is 5.32 Å². The van der Waals surface area contributed by atoms with Gasteiger partial charge in [-0.3, -0.25) is 4.79 Å². The average Bonchev–Trinajstić information content (AvgIpc) is 3.06. The van der Waals surface area contributed by atoms with E-state index in [1.54, 1.807) is 31.4 Å². The molecule has 22 heavy (non-hydrogen) atoms. The fourth-order valence-electron chi connectivity index (χ4n) is 1.96. The van der Waals surface area contributed by atoms with Gasteiger partial charge in [0.15, 0.2) is 0 Å². The summed E-state index contributed by atoms with van der Waals surface area (Å²) in [7, 11) is 1.56. The smallest absolute Gasteiger partial charge is 0.263 e. The summed E-state index contributed by atoms with van der Waals surface area (Å²) in [5.74, 6) is 1.62. The lowest BCUT2D eigenvalue weighted by molar-refractivity contribution is -0.115. The van der Waals surface area contributed by atoms with E-state index in [1.165, 1.54) is 11.8 Å². The van der Waals surface area contributed by atoms with E-state index in [4.69, 9.17) is 33.0 Å². The van der Waals surface area contributed by atoms with E-state index in [9.17, 15) is 4.79 Å². The third kappa shape index (κ3) is 3.04. The van der Waals surface area contributed by atoms with Gasteiger partial charge in [0.25, 0.3) is 5.91 Å². The van der Waals surface area contributed by atoms with E-state index in [-0.39, 0.29) is 5.91 Å². The highest BCUT2D eigenvalue weighted by Gasteiger charge is 2.22. The number of ether oxygens (including phenoxy) is 1. The maximum absolute atomic E-state index is 11.6. The highest BCUT2D eigenvalue weighted by Crippen LogP contribution is 2.32. The number of carbonyl (C=O) groups is 1. The Morgan fingerprint density at radius 3 is 2.82 bits per heavy atom. The topological polar surface area (TPSA) is 51.5 Å². The Balaban J connectivity index is 1.88. The molecule has 1 aliphatic heterocycles. The third-order valence-electron chi connectivity index (χ3n) is 2.98. The van der Waals surface area contributed by atoms with Gasteiger partial charge in [0, 0.05) is 11.6 Å². The third-order valence-corrected chi connectivity index (χ3v) is 4.44. The van der Waals surface area contributed by atoms with E-state index < -0.39 is 0 Å². The zero-order chi connectivity index (χ0) is 15.7. The number of hydrogen-bond donors (Lipinski definition) is 1. The molecular weight excluding hydrogens is 342 g/mol. The summed E-state index contributed by atoms with van der Waals surface area (Å²) in [4.78, 5) is 12.1. The van der Waals surface area contributed by atoms with Gasteiger partial charge < -0.3 is 14.5 Å². The van der Waals surface area contributed by atoms with E-state index in [1.807, 2.05) is 12.1 Å². The second kappa shape index (κ2) is 6.16. The minimum Gasteiger partial charge on any atom is -0.495 e. The summed E-state index contributed by atoms with van der Waals surface area (Å²) in [5.41, 5.74) is 0.828. The number of thioether (sulfide) groups is 1. The van der Waals surface area contributed by atoms with Crippen LogP contribution in [-0.2, 0) is 4.79 Å². The number of thiocarbonyl (C=S) groups is 1. The summed E-state index contributed by atoms with van der Waals surface area (Å²) in [6.07, 6.45) is 1.66. The molecule has 0 spiro atoms. The molecule has 0 radical (unpaired) electrons. The molecule has 1 aromatic carbocycles. The van der Waals surface area contributed by atoms with Gasteiger partial charge in [0.05, 0.1) is 17.0 Å². The number of nitrogens with one attached hydrogen (secondary N) is 1. The Labute approximate surface area is 141 Å². The van der Waals surface area contributed by atoms with Gasteiger partial charge in [-0.15, -0.1) is 0 Å². The minimum atomic E-state index is -0.208. The van der Waals surface area contributed by atoms with Crippen molar-refractivity contribution in [3.8, 4) is 17.1 Å². The molecule has 1 aromatic heterocycles. The van der Waals surface area contributed by atoms with Gasteiger partial charge in [-0.25, -0.2) is 0 Å². The number of halogens is 1. The predicted octanol–water partition coefficient (Wildman–Crippen LogP) is 4.10. The van der Waals surface area contributed by atoms with Crippen molar-refractivity contribution in [3.05, 3.63) is 46.0 Å². The minimum absolute atomic E-state index is 0.208. The molecule has 0 aliphatic carbocycles. The van der Waals surface area contributed by atoms with Gasteiger partial charge in [-0.05, 0) is 30.3 Å². The molecule has 1 fully saturated rings. The van der Waals surface area contributed by atoms with Crippen LogP contribution in [0.25, 0.3) is 17.4 Å². The normalized spacial score (nSPS) is 16.2. The Morgan fingerprint density at radius 1 is 1.36 bits per heavy atom. The maximum atomic E-state index is 11.6. The van der Waals surface area contributed by atoms with E-state index >= 15 is 0 Å². The van der Waals surface area contributed by atoms with Crippen LogP contribution in [0.15, 0.2) is 39.7 Å². The summed E-state index contributed by atoms with van der Waals surface area (Å²) < 4.78 is 11.3. The fourth-order valence-corrected chi connectivity index (χ4v) is 3.24. The number of carbonyl (C=O) groups excluding carboxylic acids is 1. The molecule has 3 rings (SSSR count). The van der Waals surface area contributed by atoms with Crippen molar-refractivity contribution in [2.75, 3.05) is 7.11 Å². The van der Waals surface area contributed by atoms with Gasteiger partial charge in [-0.2, -0.15) is 0 Å². The Hall–Kier alpha value is -1.76. The number of rotatable bonds is 3. The first-order chi connectivity index (χ1) is 10.6. The van der Waals surface area contributed by atoms with Crippen LogP contribution >= 0.6 is 35.6 Å². The molecule has 112 valence electrons. The van der Waals surface area contributed by atoms with Crippen LogP contribution in [0.1, 0.15) is 5.76 Å². The lowest BCUT2D eigenvalue weighted by Crippen LogP contribution is -2.17. The number of methoxy groups -OCH3 is 1. The first-order valence-corrected chi connectivity index (χ1v) is 7.85. The van der Waals surface area contributed by atoms with Crippen LogP contribution in [0.2, 0.25) is 5.02 Å². The van der Waals surface area contributed by atoms with E-state index in [0.717, 1.165) is 5.56 Å². The van der Waals surface area contributed by atoms with Crippen molar-refractivity contribution in [2.45, 2.75) is 0 Å². The number of benzene rings is 1. The highest BCUT2D eigenvalue weighted by molar-refractivity contribution is 8.26. The standard InChI is InChI=1S/C15H10ClNO3S2/c1-19-12-4-2-8(6-10(12)16)11-5-3-9(20-11)7-13-14(18)17-15(21)22-13/h2-7H,1H3,(H,17,18,21). The zero-order valence-electron chi connectivity index (χ0n) is 11.4. The van der Waals surface area contributed by atoms with Crippen LogP contribution in [0.5, 0.6) is 5.75 Å². The van der Waals surface area contributed by atoms with Crippen molar-refractivity contribution in [3.63, 3.8) is 0 Å². The largest absolute Gasteiger partial charge is 0.495 e. The van der Waals surface area contributed by atoms with Crippen LogP contribution in [-0.4, -0.2) is 17.3 Å². The molecule has 0 bridgehead atoms.